The number of aromatic nitrogens is 2. The summed E-state index contributed by atoms with van der Waals surface area (Å²) in [5.41, 5.74) is -7.80. The Bertz CT molecular complexity index is 3240. The number of carbonyl (C=O) groups is 4. The van der Waals surface area contributed by atoms with Gasteiger partial charge >= 0.3 is 15.2 Å². The zero-order valence-electron chi connectivity index (χ0n) is 42.1. The fourth-order valence-electron chi connectivity index (χ4n) is 10.1. The maximum absolute atomic E-state index is 14.5. The molecule has 2 aromatic heterocycles. The lowest BCUT2D eigenvalue weighted by Gasteiger charge is -2.53. The molecular weight excluding hydrogens is 1080 g/mol. The number of ether oxygens (including phenoxy) is 2. The number of rotatable bonds is 21. The number of fused-ring (bicyclic) bond motifs is 2. The van der Waals surface area contributed by atoms with Gasteiger partial charge in [0.25, 0.3) is 23.6 Å². The number of aromatic hydroxyl groups is 2. The van der Waals surface area contributed by atoms with Gasteiger partial charge in [-0.2, -0.15) is 0 Å². The van der Waals surface area contributed by atoms with Gasteiger partial charge in [0, 0.05) is 88.3 Å². The molecule has 422 valence electrons. The highest BCUT2D eigenvalue weighted by Gasteiger charge is 2.55. The molecule has 3 unspecified atom stereocenters. The standard InChI is InChI=1S/C48H56F4N8O16P2/c1-3-75-78(72,20-6-14-56-45(67)37-41(63)39(61)33(25-58(37)55(2)47(56)11-17-73-27-47)43(65)53-23-29-7-9-31(49)21-35(29)51)76-16-4-15-60-48(12-18-74-28-48)57(13-5-19-77(69,70)71)46(68)38-42(64)40(62)34(26-59(38)60)44(66)54-24-30-8-10-32(50)22-36(30)52/h7-10,21-22,25-26,63-64H,3-6,11-20,23-24,27-28H2,1-2H3,(H,53,65)(H,54,66)(H2,69,70,71). The Balaban J connectivity index is 1.00. The summed E-state index contributed by atoms with van der Waals surface area (Å²) < 4.78 is 108. The van der Waals surface area contributed by atoms with Crippen molar-refractivity contribution in [3.05, 3.63) is 126 Å². The molecule has 0 radical (unpaired) electrons. The maximum atomic E-state index is 14.5. The minimum absolute atomic E-state index is 0.0369. The van der Waals surface area contributed by atoms with E-state index in [9.17, 15) is 75.5 Å². The first-order valence-corrected chi connectivity index (χ1v) is 28.1. The van der Waals surface area contributed by atoms with Gasteiger partial charge in [0.1, 0.15) is 34.4 Å². The van der Waals surface area contributed by atoms with E-state index in [4.69, 9.17) is 18.5 Å². The van der Waals surface area contributed by atoms with Gasteiger partial charge in [-0.25, -0.2) is 17.6 Å². The van der Waals surface area contributed by atoms with Crippen molar-refractivity contribution in [1.82, 2.24) is 29.8 Å². The highest BCUT2D eigenvalue weighted by atomic mass is 31.2. The van der Waals surface area contributed by atoms with Crippen LogP contribution in [0.5, 0.6) is 11.5 Å². The summed E-state index contributed by atoms with van der Waals surface area (Å²) in [6.45, 7) is -0.387. The minimum Gasteiger partial charge on any atom is -0.502 e. The fraction of sp³-hybridized carbons (Fsp3) is 0.458. The number of nitrogens with one attached hydrogen (secondary N) is 2. The van der Waals surface area contributed by atoms with E-state index in [0.717, 1.165) is 46.0 Å². The van der Waals surface area contributed by atoms with Gasteiger partial charge in [0.05, 0.1) is 52.0 Å². The molecular formula is C48H56F4N8O16P2. The molecule has 4 aliphatic heterocycles. The first kappa shape index (κ1) is 57.5. The first-order chi connectivity index (χ1) is 37.0. The fourth-order valence-corrected chi connectivity index (χ4v) is 12.3. The molecule has 4 amide bonds. The number of benzene rings is 2. The van der Waals surface area contributed by atoms with Crippen LogP contribution < -0.4 is 31.5 Å². The van der Waals surface area contributed by atoms with Gasteiger partial charge in [-0.15, -0.1) is 0 Å². The average Bonchev–Trinajstić information content (AvgIpc) is 4.24. The Hall–Kier alpha value is -6.64. The summed E-state index contributed by atoms with van der Waals surface area (Å²) >= 11 is 0. The number of nitrogens with zero attached hydrogens (tertiary/aromatic N) is 6. The molecule has 30 heteroatoms. The second kappa shape index (κ2) is 23.0. The molecule has 6 N–H and O–H groups in total. The van der Waals surface area contributed by atoms with Crippen LogP contribution in [0.2, 0.25) is 0 Å². The molecule has 3 atom stereocenters. The maximum Gasteiger partial charge on any atom is 0.330 e. The third kappa shape index (κ3) is 11.3. The molecule has 8 rings (SSSR count). The van der Waals surface area contributed by atoms with Crippen molar-refractivity contribution < 1.29 is 84.4 Å². The molecule has 2 spiro atoms. The molecule has 4 aliphatic rings. The highest BCUT2D eigenvalue weighted by molar-refractivity contribution is 7.53. The number of halogens is 4. The summed E-state index contributed by atoms with van der Waals surface area (Å²) in [5.74, 6) is -9.75. The van der Waals surface area contributed by atoms with Crippen molar-refractivity contribution in [3.8, 4) is 11.5 Å². The Morgan fingerprint density at radius 2 is 1.18 bits per heavy atom. The first-order valence-electron chi connectivity index (χ1n) is 24.6. The van der Waals surface area contributed by atoms with Crippen molar-refractivity contribution in [2.45, 2.75) is 63.4 Å². The molecule has 4 aromatic rings. The predicted molar refractivity (Wildman–Crippen MR) is 266 cm³/mol. The normalized spacial score (nSPS) is 19.9. The molecule has 0 saturated carbocycles. The molecule has 2 saturated heterocycles. The number of pyridine rings is 2. The lowest BCUT2D eigenvalue weighted by atomic mass is 10.0. The number of hydrogen-bond acceptors (Lipinski definition) is 16. The lowest BCUT2D eigenvalue weighted by Crippen LogP contribution is -2.71. The molecule has 0 aliphatic carbocycles. The largest absolute Gasteiger partial charge is 0.502 e. The zero-order valence-corrected chi connectivity index (χ0v) is 43.9. The van der Waals surface area contributed by atoms with Gasteiger partial charge in [0.2, 0.25) is 10.9 Å². The van der Waals surface area contributed by atoms with Crippen LogP contribution in [0.4, 0.5) is 17.6 Å². The van der Waals surface area contributed by atoms with Gasteiger partial charge in [-0.1, -0.05) is 12.1 Å². The van der Waals surface area contributed by atoms with Gasteiger partial charge in [-0.3, -0.25) is 57.3 Å². The van der Waals surface area contributed by atoms with Gasteiger partial charge in [0.15, 0.2) is 34.2 Å². The quantitative estimate of drug-likeness (QED) is 0.0397. The van der Waals surface area contributed by atoms with Crippen LogP contribution in [-0.4, -0.2) is 153 Å². The molecule has 24 nitrogen and oxygen atoms in total. The Morgan fingerprint density at radius 1 is 0.692 bits per heavy atom. The minimum atomic E-state index is -4.56. The van der Waals surface area contributed by atoms with Crippen LogP contribution in [0.3, 0.4) is 0 Å². The zero-order chi connectivity index (χ0) is 56.5. The predicted octanol–water partition coefficient (Wildman–Crippen LogP) is 2.78. The highest BCUT2D eigenvalue weighted by Crippen LogP contribution is 2.49. The van der Waals surface area contributed by atoms with Crippen molar-refractivity contribution >= 4 is 38.8 Å². The molecule has 0 bridgehead atoms. The van der Waals surface area contributed by atoms with E-state index >= 15 is 0 Å². The molecule has 2 fully saturated rings. The van der Waals surface area contributed by atoms with E-state index in [-0.39, 0.29) is 109 Å². The number of hydrogen-bond donors (Lipinski definition) is 6. The monoisotopic (exact) mass is 1140 g/mol. The van der Waals surface area contributed by atoms with E-state index in [0.29, 0.717) is 12.1 Å². The van der Waals surface area contributed by atoms with Crippen LogP contribution in [0.15, 0.2) is 58.4 Å². The van der Waals surface area contributed by atoms with E-state index < -0.39 is 138 Å². The smallest absolute Gasteiger partial charge is 0.330 e. The number of carbonyl (C=O) groups excluding carboxylic acids is 4. The van der Waals surface area contributed by atoms with Crippen molar-refractivity contribution in [2.75, 3.05) is 88.7 Å². The van der Waals surface area contributed by atoms with E-state index in [1.54, 1.807) is 14.0 Å². The third-order valence-electron chi connectivity index (χ3n) is 14.0. The van der Waals surface area contributed by atoms with Gasteiger partial charge in [-0.05, 0) is 38.3 Å². The summed E-state index contributed by atoms with van der Waals surface area (Å²) in [4.78, 5) is 105. The van der Waals surface area contributed by atoms with Crippen molar-refractivity contribution in [2.24, 2.45) is 0 Å². The Morgan fingerprint density at radius 3 is 1.67 bits per heavy atom. The van der Waals surface area contributed by atoms with Crippen molar-refractivity contribution in [3.63, 3.8) is 0 Å². The van der Waals surface area contributed by atoms with E-state index in [1.807, 2.05) is 0 Å². The van der Waals surface area contributed by atoms with Crippen LogP contribution in [0, 0.1) is 23.3 Å². The average molecular weight is 1140 g/mol. The summed E-state index contributed by atoms with van der Waals surface area (Å²) in [6, 6.07) is 5.37. The number of likely N-dealkylation sites (N-methyl/N-ethyl adjacent to an activating group) is 1. The summed E-state index contributed by atoms with van der Waals surface area (Å²) in [7, 11) is -7.06. The van der Waals surface area contributed by atoms with Crippen molar-refractivity contribution in [1.29, 1.82) is 0 Å². The van der Waals surface area contributed by atoms with Crippen LogP contribution in [0.25, 0.3) is 0 Å². The Kier molecular flexibility index (Phi) is 17.0. The SMILES string of the molecule is CCOP(=O)(CCCN1C(=O)c2c(O)c(=O)c(C(=O)NCc3ccc(F)cc3F)cn2N(C)C12CCOC2)OCCCN1n2cc(C(=O)NCc3ccc(F)cc3F)c(=O)c(O)c2C(=O)N(CCCP(=O)(O)O)C12CCOC2. The van der Waals surface area contributed by atoms with E-state index in [1.165, 1.54) is 19.8 Å². The second-order valence-electron chi connectivity index (χ2n) is 18.8. The molecule has 2 aromatic carbocycles. The second-order valence-corrected chi connectivity index (χ2v) is 22.8. The topological polar surface area (TPSA) is 301 Å². The molecule has 78 heavy (non-hydrogen) atoms. The van der Waals surface area contributed by atoms with E-state index in [2.05, 4.69) is 10.6 Å². The molecule has 6 heterocycles. The van der Waals surface area contributed by atoms with Crippen LogP contribution in [-0.2, 0) is 40.7 Å². The van der Waals surface area contributed by atoms with Crippen LogP contribution >= 0.6 is 15.2 Å². The number of amides is 4. The van der Waals surface area contributed by atoms with Crippen LogP contribution in [0.1, 0.15) is 91.8 Å². The summed E-state index contributed by atoms with van der Waals surface area (Å²) in [6.07, 6.45) is 1.15. The lowest BCUT2D eigenvalue weighted by molar-refractivity contribution is 0.0185. The Labute approximate surface area is 441 Å². The third-order valence-corrected chi connectivity index (χ3v) is 17.0. The van der Waals surface area contributed by atoms with Gasteiger partial charge < -0.3 is 59.0 Å². The summed E-state index contributed by atoms with van der Waals surface area (Å²) in [5, 5.41) is 30.4.